The van der Waals surface area contributed by atoms with Gasteiger partial charge in [-0.3, -0.25) is 9.59 Å². The molecule has 0 saturated heterocycles. The average molecular weight is 448 g/mol. The molecule has 0 atom stereocenters. The molecule has 3 aromatic heterocycles. The van der Waals surface area contributed by atoms with E-state index in [0.29, 0.717) is 4.68 Å². The first-order chi connectivity index (χ1) is 14.4. The van der Waals surface area contributed by atoms with E-state index in [9.17, 15) is 31.5 Å². The number of hydrogen-bond acceptors (Lipinski definition) is 6. The van der Waals surface area contributed by atoms with Crippen molar-refractivity contribution >= 4 is 17.1 Å². The van der Waals surface area contributed by atoms with Gasteiger partial charge in [-0.1, -0.05) is 18.5 Å². The second-order valence-corrected chi connectivity index (χ2v) is 6.59. The Morgan fingerprint density at radius 2 is 1.81 bits per heavy atom. The number of esters is 1. The molecule has 0 radical (unpaired) electrons. The van der Waals surface area contributed by atoms with Gasteiger partial charge >= 0.3 is 24.6 Å². The number of rotatable bonds is 5. The summed E-state index contributed by atoms with van der Waals surface area (Å²) in [4.78, 5) is 35.0. The molecule has 31 heavy (non-hydrogen) atoms. The van der Waals surface area contributed by atoms with E-state index < -0.39 is 58.7 Å². The molecule has 0 fully saturated rings. The Morgan fingerprint density at radius 1 is 1.16 bits per heavy atom. The van der Waals surface area contributed by atoms with Crippen LogP contribution in [0.5, 0.6) is 11.6 Å². The summed E-state index contributed by atoms with van der Waals surface area (Å²) < 4.78 is 77.0. The van der Waals surface area contributed by atoms with Crippen LogP contribution in [0.4, 0.5) is 22.0 Å². The predicted molar refractivity (Wildman–Crippen MR) is 93.2 cm³/mol. The normalized spacial score (nSPS) is 12.1. The highest BCUT2D eigenvalue weighted by atomic mass is 19.4. The van der Waals surface area contributed by atoms with Crippen LogP contribution < -0.4 is 19.7 Å². The molecule has 0 aromatic carbocycles. The number of aromatic amines is 2. The lowest BCUT2D eigenvalue weighted by Crippen LogP contribution is -2.33. The van der Waals surface area contributed by atoms with Crippen molar-refractivity contribution in [2.75, 3.05) is 0 Å². The largest absolute Gasteiger partial charge is 0.437 e. The van der Waals surface area contributed by atoms with Gasteiger partial charge in [-0.05, 0) is 0 Å². The van der Waals surface area contributed by atoms with Crippen molar-refractivity contribution in [1.82, 2.24) is 20.1 Å². The third-order valence-electron chi connectivity index (χ3n) is 4.06. The Hall–Kier alpha value is -3.58. The fourth-order valence-corrected chi connectivity index (χ4v) is 2.74. The molecule has 2 N–H and O–H groups in total. The molecule has 3 aromatic rings. The molecule has 0 bridgehead atoms. The standard InChI is InChI=1S/C17H14F5N5O4/c1-6(2)15(29)30-10-7(13(28)25-12-9(10)23-4-5-24-12)8-11(17(20,21)22)26-27(3)14(8)31-16(18)19/h4-6,16H,1-3H3,(H,24,25,28)/p+1. The number of halogens is 5. The summed E-state index contributed by atoms with van der Waals surface area (Å²) in [5, 5.41) is 1.84. The van der Waals surface area contributed by atoms with Crippen molar-refractivity contribution < 1.29 is 40.9 Å². The number of carbonyl (C=O) groups excluding carboxylic acids is 1. The third kappa shape index (κ3) is 4.18. The van der Waals surface area contributed by atoms with E-state index in [-0.39, 0.29) is 11.2 Å². The van der Waals surface area contributed by atoms with Crippen LogP contribution in [0.25, 0.3) is 22.3 Å². The van der Waals surface area contributed by atoms with Crippen LogP contribution in [0.2, 0.25) is 0 Å². The zero-order chi connectivity index (χ0) is 23.1. The molecule has 0 spiro atoms. The number of H-pyrrole nitrogens is 2. The van der Waals surface area contributed by atoms with Gasteiger partial charge in [-0.2, -0.15) is 27.1 Å². The number of pyridine rings is 1. The van der Waals surface area contributed by atoms with Gasteiger partial charge in [0.25, 0.3) is 5.56 Å². The molecule has 9 nitrogen and oxygen atoms in total. The number of nitrogens with zero attached hydrogens (tertiary/aromatic N) is 3. The van der Waals surface area contributed by atoms with Crippen LogP contribution in [0, 0.1) is 5.92 Å². The smallest absolute Gasteiger partial charge is 0.423 e. The number of carbonyl (C=O) groups is 1. The summed E-state index contributed by atoms with van der Waals surface area (Å²) in [5.74, 6) is -3.31. The fraction of sp³-hybridized carbons (Fsp3) is 0.353. The van der Waals surface area contributed by atoms with Crippen molar-refractivity contribution in [2.45, 2.75) is 26.6 Å². The van der Waals surface area contributed by atoms with E-state index >= 15 is 0 Å². The Morgan fingerprint density at radius 3 is 2.39 bits per heavy atom. The number of alkyl halides is 5. The number of hydrogen-bond donors (Lipinski definition) is 2. The van der Waals surface area contributed by atoms with E-state index in [1.54, 1.807) is 0 Å². The molecule has 0 aliphatic rings. The van der Waals surface area contributed by atoms with Gasteiger partial charge in [0.1, 0.15) is 16.6 Å². The molecular formula is C17H15F5N5O4+. The monoisotopic (exact) mass is 448 g/mol. The maximum absolute atomic E-state index is 13.7. The van der Waals surface area contributed by atoms with E-state index in [1.165, 1.54) is 20.0 Å². The van der Waals surface area contributed by atoms with E-state index in [2.05, 4.69) is 19.7 Å². The molecule has 0 aliphatic heterocycles. The first kappa shape index (κ1) is 22.1. The summed E-state index contributed by atoms with van der Waals surface area (Å²) in [5.41, 5.74) is -5.15. The van der Waals surface area contributed by atoms with Gasteiger partial charge in [-0.15, -0.1) is 0 Å². The summed E-state index contributed by atoms with van der Waals surface area (Å²) >= 11 is 0. The summed E-state index contributed by atoms with van der Waals surface area (Å²) in [6.07, 6.45) is -2.77. The van der Waals surface area contributed by atoms with Crippen molar-refractivity contribution in [3.8, 4) is 22.8 Å². The second kappa shape index (κ2) is 7.92. The number of fused-ring (bicyclic) bond motifs is 1. The minimum absolute atomic E-state index is 0.187. The second-order valence-electron chi connectivity index (χ2n) is 6.59. The van der Waals surface area contributed by atoms with E-state index in [0.717, 1.165) is 13.2 Å². The molecule has 0 aliphatic carbocycles. The molecule has 3 rings (SSSR count). The summed E-state index contributed by atoms with van der Waals surface area (Å²) in [6.45, 7) is -0.611. The molecule has 0 amide bonds. The molecule has 3 heterocycles. The average Bonchev–Trinajstić information content (AvgIpc) is 2.97. The Labute approximate surface area is 169 Å². The lowest BCUT2D eigenvalue weighted by Gasteiger charge is -2.13. The first-order valence-electron chi connectivity index (χ1n) is 8.64. The molecule has 166 valence electrons. The maximum atomic E-state index is 13.7. The van der Waals surface area contributed by atoms with E-state index in [4.69, 9.17) is 4.74 Å². The third-order valence-corrected chi connectivity index (χ3v) is 4.06. The summed E-state index contributed by atoms with van der Waals surface area (Å²) in [7, 11) is 0.977. The van der Waals surface area contributed by atoms with Gasteiger partial charge in [0.05, 0.1) is 5.92 Å². The van der Waals surface area contributed by atoms with Crippen LogP contribution in [0.3, 0.4) is 0 Å². The van der Waals surface area contributed by atoms with E-state index in [1.807, 2.05) is 5.10 Å². The van der Waals surface area contributed by atoms with Crippen LogP contribution >= 0.6 is 0 Å². The van der Waals surface area contributed by atoms with Gasteiger partial charge in [0, 0.05) is 12.4 Å². The first-order valence-corrected chi connectivity index (χ1v) is 8.64. The van der Waals surface area contributed by atoms with Crippen molar-refractivity contribution in [1.29, 1.82) is 0 Å². The topological polar surface area (TPSA) is 114 Å². The SMILES string of the molecule is CC(C)C(=O)Oc1c(-c2c(C(F)(F)F)[nH][n+](C)c2OC(F)F)c(=O)[nH]c2nccnc12. The minimum atomic E-state index is -5.11. The zero-order valence-electron chi connectivity index (χ0n) is 16.2. The van der Waals surface area contributed by atoms with Gasteiger partial charge in [0.15, 0.2) is 24.1 Å². The highest BCUT2D eigenvalue weighted by molar-refractivity contribution is 5.92. The van der Waals surface area contributed by atoms with Crippen molar-refractivity contribution in [3.05, 3.63) is 28.4 Å². The Kier molecular flexibility index (Phi) is 5.65. The Bertz CT molecular complexity index is 1200. The summed E-state index contributed by atoms with van der Waals surface area (Å²) in [6, 6.07) is 0. The highest BCUT2D eigenvalue weighted by Crippen LogP contribution is 2.43. The van der Waals surface area contributed by atoms with Crippen molar-refractivity contribution in [3.63, 3.8) is 0 Å². The van der Waals surface area contributed by atoms with Crippen LogP contribution in [-0.2, 0) is 18.0 Å². The fourth-order valence-electron chi connectivity index (χ4n) is 2.74. The lowest BCUT2D eigenvalue weighted by molar-refractivity contribution is -0.733. The molecular weight excluding hydrogens is 433 g/mol. The van der Waals surface area contributed by atoms with Crippen LogP contribution in [0.15, 0.2) is 17.2 Å². The number of aromatic nitrogens is 5. The van der Waals surface area contributed by atoms with Crippen LogP contribution in [0.1, 0.15) is 19.5 Å². The quantitative estimate of drug-likeness (QED) is 0.352. The number of ether oxygens (including phenoxy) is 2. The molecule has 0 saturated carbocycles. The Balaban J connectivity index is 2.46. The predicted octanol–water partition coefficient (Wildman–Crippen LogP) is 2.32. The number of nitrogens with one attached hydrogen (secondary N) is 2. The maximum Gasteiger partial charge on any atom is 0.437 e. The van der Waals surface area contributed by atoms with Crippen LogP contribution in [-0.4, -0.2) is 32.6 Å². The molecule has 14 heteroatoms. The van der Waals surface area contributed by atoms with Gasteiger partial charge < -0.3 is 14.5 Å². The number of aryl methyl sites for hydroxylation is 1. The van der Waals surface area contributed by atoms with Crippen molar-refractivity contribution in [2.24, 2.45) is 13.0 Å². The zero-order valence-corrected chi connectivity index (χ0v) is 16.2. The highest BCUT2D eigenvalue weighted by Gasteiger charge is 2.46. The molecule has 0 unspecified atom stereocenters. The van der Waals surface area contributed by atoms with Gasteiger partial charge in [0.2, 0.25) is 0 Å². The minimum Gasteiger partial charge on any atom is -0.423 e. The van der Waals surface area contributed by atoms with Gasteiger partial charge in [-0.25, -0.2) is 9.97 Å². The lowest BCUT2D eigenvalue weighted by atomic mass is 10.1.